The Morgan fingerprint density at radius 3 is 2.29 bits per heavy atom. The van der Waals surface area contributed by atoms with Gasteiger partial charge in [0, 0.05) is 64.3 Å². The highest BCUT2D eigenvalue weighted by Gasteiger charge is 2.32. The number of hydrogen-bond donors (Lipinski definition) is 0. The highest BCUT2D eigenvalue weighted by Crippen LogP contribution is 2.33. The predicted octanol–water partition coefficient (Wildman–Crippen LogP) is 8.06. The van der Waals surface area contributed by atoms with Gasteiger partial charge in [-0.3, -0.25) is 14.5 Å². The van der Waals surface area contributed by atoms with Crippen LogP contribution in [0.25, 0.3) is 10.9 Å². The van der Waals surface area contributed by atoms with Crippen molar-refractivity contribution in [2.45, 2.75) is 26.1 Å². The number of amides is 2. The van der Waals surface area contributed by atoms with Crippen LogP contribution in [0.15, 0.2) is 85.1 Å². The number of benzene rings is 3. The number of alkyl halides is 3. The highest BCUT2D eigenvalue weighted by molar-refractivity contribution is 6.34. The number of pyridine rings is 1. The summed E-state index contributed by atoms with van der Waals surface area (Å²) in [5, 5.41) is 0.591. The molecule has 0 unspecified atom stereocenters. The number of hydrogen-bond acceptors (Lipinski definition) is 6. The summed E-state index contributed by atoms with van der Waals surface area (Å²) in [7, 11) is 3.33. The fraction of sp³-hybridized carbons (Fsp3) is 0.289. The molecule has 3 heterocycles. The lowest BCUT2D eigenvalue weighted by atomic mass is 10.1. The average Bonchev–Trinajstić information content (AvgIpc) is 3.45. The van der Waals surface area contributed by atoms with Crippen LogP contribution in [-0.2, 0) is 19.8 Å². The van der Waals surface area contributed by atoms with E-state index in [1.54, 1.807) is 18.2 Å². The summed E-state index contributed by atoms with van der Waals surface area (Å²) >= 11 is 6.02. The van der Waals surface area contributed by atoms with Gasteiger partial charge >= 0.3 is 6.18 Å². The van der Waals surface area contributed by atoms with Gasteiger partial charge in [0.2, 0.25) is 5.88 Å². The molecule has 0 atom stereocenters. The van der Waals surface area contributed by atoms with Crippen molar-refractivity contribution in [1.29, 1.82) is 0 Å². The number of nitrogens with zero attached hydrogens (tertiary/aromatic N) is 5. The standard InChI is InChI=1S/C38H37ClF3N5O4/c1-4-19-50-29-10-5-25(6-11-29)24-46-15-17-47(18-16-46)37(49)34-20-26-7-12-30(22-33(26)45(34)3)51-35-14-9-28(23-43-35)44(2)36(48)31-13-8-27(21-32(31)39)38(40,41)42/h5-14,20-23H,4,15-19,24H2,1-3H3. The molecule has 0 saturated carbocycles. The molecule has 1 aliphatic heterocycles. The molecule has 0 radical (unpaired) electrons. The molecule has 2 amide bonds. The zero-order valence-corrected chi connectivity index (χ0v) is 29.2. The van der Waals surface area contributed by atoms with E-state index in [2.05, 4.69) is 28.9 Å². The normalized spacial score (nSPS) is 13.7. The Bertz CT molecular complexity index is 2020. The third-order valence-electron chi connectivity index (χ3n) is 8.86. The van der Waals surface area contributed by atoms with Crippen molar-refractivity contribution in [3.8, 4) is 17.4 Å². The van der Waals surface area contributed by atoms with Gasteiger partial charge in [-0.05, 0) is 66.6 Å². The maximum atomic E-state index is 13.6. The third kappa shape index (κ3) is 8.13. The van der Waals surface area contributed by atoms with E-state index >= 15 is 0 Å². The molecule has 51 heavy (non-hydrogen) atoms. The minimum atomic E-state index is -4.57. The first-order valence-corrected chi connectivity index (χ1v) is 16.9. The molecular formula is C38H37ClF3N5O4. The van der Waals surface area contributed by atoms with Gasteiger partial charge in [0.05, 0.1) is 40.2 Å². The van der Waals surface area contributed by atoms with Gasteiger partial charge in [-0.15, -0.1) is 0 Å². The molecule has 0 spiro atoms. The number of piperazine rings is 1. The van der Waals surface area contributed by atoms with Crippen molar-refractivity contribution >= 4 is 40.0 Å². The topological polar surface area (TPSA) is 80.1 Å². The van der Waals surface area contributed by atoms with E-state index in [-0.39, 0.29) is 22.4 Å². The first kappa shape index (κ1) is 35.7. The molecule has 6 rings (SSSR count). The van der Waals surface area contributed by atoms with E-state index < -0.39 is 17.6 Å². The third-order valence-corrected chi connectivity index (χ3v) is 9.17. The number of fused-ring (bicyclic) bond motifs is 1. The van der Waals surface area contributed by atoms with Gasteiger partial charge in [-0.1, -0.05) is 30.7 Å². The van der Waals surface area contributed by atoms with Gasteiger partial charge in [0.1, 0.15) is 17.2 Å². The van der Waals surface area contributed by atoms with Crippen LogP contribution >= 0.6 is 11.6 Å². The first-order chi connectivity index (χ1) is 24.4. The molecule has 2 aromatic heterocycles. The Hall–Kier alpha value is -5.07. The number of rotatable bonds is 10. The van der Waals surface area contributed by atoms with Crippen LogP contribution in [0.4, 0.5) is 18.9 Å². The van der Waals surface area contributed by atoms with Gasteiger partial charge < -0.3 is 23.8 Å². The molecule has 5 aromatic rings. The molecule has 9 nitrogen and oxygen atoms in total. The Morgan fingerprint density at radius 1 is 0.922 bits per heavy atom. The number of carbonyl (C=O) groups is 2. The van der Waals surface area contributed by atoms with Crippen molar-refractivity contribution in [2.24, 2.45) is 7.05 Å². The van der Waals surface area contributed by atoms with Crippen LogP contribution in [0.5, 0.6) is 17.4 Å². The minimum absolute atomic E-state index is 0.0262. The summed E-state index contributed by atoms with van der Waals surface area (Å²) in [5.74, 6) is 1.02. The molecule has 3 aromatic carbocycles. The molecule has 1 saturated heterocycles. The van der Waals surface area contributed by atoms with E-state index in [1.165, 1.54) is 23.7 Å². The van der Waals surface area contributed by atoms with E-state index in [9.17, 15) is 22.8 Å². The maximum Gasteiger partial charge on any atom is 0.416 e. The van der Waals surface area contributed by atoms with Gasteiger partial charge in [-0.2, -0.15) is 13.2 Å². The fourth-order valence-electron chi connectivity index (χ4n) is 5.93. The van der Waals surface area contributed by atoms with Crippen LogP contribution < -0.4 is 14.4 Å². The lowest BCUT2D eigenvalue weighted by Gasteiger charge is -2.34. The monoisotopic (exact) mass is 719 g/mol. The Morgan fingerprint density at radius 2 is 1.65 bits per heavy atom. The quantitative estimate of drug-likeness (QED) is 0.145. The van der Waals surface area contributed by atoms with E-state index in [0.717, 1.165) is 60.9 Å². The molecule has 13 heteroatoms. The number of anilines is 1. The fourth-order valence-corrected chi connectivity index (χ4v) is 6.20. The molecular weight excluding hydrogens is 683 g/mol. The molecule has 0 aliphatic carbocycles. The van der Waals surface area contributed by atoms with Crippen LogP contribution in [0.1, 0.15) is 45.3 Å². The van der Waals surface area contributed by atoms with Gasteiger partial charge in [-0.25, -0.2) is 4.98 Å². The first-order valence-electron chi connectivity index (χ1n) is 16.5. The van der Waals surface area contributed by atoms with Crippen molar-refractivity contribution in [1.82, 2.24) is 19.4 Å². The summed E-state index contributed by atoms with van der Waals surface area (Å²) in [6, 6.07) is 21.4. The molecule has 0 N–H and O–H groups in total. The minimum Gasteiger partial charge on any atom is -0.494 e. The SMILES string of the molecule is CCCOc1ccc(CN2CCN(C(=O)c3cc4ccc(Oc5ccc(N(C)C(=O)c6ccc(C(F)(F)F)cc6Cl)cn5)cc4n3C)CC2)cc1. The van der Waals surface area contributed by atoms with Crippen molar-refractivity contribution in [2.75, 3.05) is 44.7 Å². The Balaban J connectivity index is 1.06. The largest absolute Gasteiger partial charge is 0.494 e. The Labute approximate surface area is 298 Å². The second-order valence-electron chi connectivity index (χ2n) is 12.4. The van der Waals surface area contributed by atoms with Crippen molar-refractivity contribution < 1.29 is 32.2 Å². The number of halogens is 4. The number of aromatic nitrogens is 2. The molecule has 0 bridgehead atoms. The van der Waals surface area contributed by atoms with Crippen molar-refractivity contribution in [3.63, 3.8) is 0 Å². The maximum absolute atomic E-state index is 13.6. The number of aryl methyl sites for hydroxylation is 1. The summed E-state index contributed by atoms with van der Waals surface area (Å²) in [6.07, 6.45) is -2.18. The number of ether oxygens (including phenoxy) is 2. The highest BCUT2D eigenvalue weighted by atomic mass is 35.5. The van der Waals surface area contributed by atoms with Crippen LogP contribution in [0.3, 0.4) is 0 Å². The van der Waals surface area contributed by atoms with Gasteiger partial charge in [0.15, 0.2) is 0 Å². The van der Waals surface area contributed by atoms with E-state index in [1.807, 2.05) is 46.8 Å². The smallest absolute Gasteiger partial charge is 0.416 e. The number of carbonyl (C=O) groups excluding carboxylic acids is 2. The van der Waals surface area contributed by atoms with Crippen LogP contribution in [-0.4, -0.2) is 71.0 Å². The zero-order valence-electron chi connectivity index (χ0n) is 28.4. The zero-order chi connectivity index (χ0) is 36.3. The molecule has 1 fully saturated rings. The van der Waals surface area contributed by atoms with E-state index in [0.29, 0.717) is 36.8 Å². The van der Waals surface area contributed by atoms with E-state index in [4.69, 9.17) is 21.1 Å². The molecule has 266 valence electrons. The Kier molecular flexibility index (Phi) is 10.5. The average molecular weight is 720 g/mol. The second-order valence-corrected chi connectivity index (χ2v) is 12.8. The van der Waals surface area contributed by atoms with Gasteiger partial charge in [0.25, 0.3) is 11.8 Å². The van der Waals surface area contributed by atoms with Crippen molar-refractivity contribution in [3.05, 3.63) is 112 Å². The lowest BCUT2D eigenvalue weighted by Crippen LogP contribution is -2.48. The lowest BCUT2D eigenvalue weighted by molar-refractivity contribution is -0.137. The summed E-state index contributed by atoms with van der Waals surface area (Å²) < 4.78 is 52.6. The summed E-state index contributed by atoms with van der Waals surface area (Å²) in [4.78, 5) is 36.4. The molecule has 1 aliphatic rings. The summed E-state index contributed by atoms with van der Waals surface area (Å²) in [6.45, 7) is 6.42. The second kappa shape index (κ2) is 15.0. The predicted molar refractivity (Wildman–Crippen MR) is 190 cm³/mol. The van der Waals surface area contributed by atoms with Crippen LogP contribution in [0.2, 0.25) is 5.02 Å². The summed E-state index contributed by atoms with van der Waals surface area (Å²) in [5.41, 5.74) is 1.99. The van der Waals surface area contributed by atoms with Crippen LogP contribution in [0, 0.1) is 0 Å².